The number of hydrogen-bond acceptors (Lipinski definition) is 5. The third kappa shape index (κ3) is 3.49. The molecule has 0 bridgehead atoms. The zero-order valence-electron chi connectivity index (χ0n) is 9.93. The summed E-state index contributed by atoms with van der Waals surface area (Å²) in [7, 11) is 0. The van der Waals surface area contributed by atoms with Gasteiger partial charge < -0.3 is 10.7 Å². The molecule has 0 atom stereocenters. The molecule has 2 aromatic rings. The molecule has 1 heterocycles. The summed E-state index contributed by atoms with van der Waals surface area (Å²) >= 11 is 3.42. The maximum absolute atomic E-state index is 11.8. The molecule has 0 spiro atoms. The van der Waals surface area contributed by atoms with Gasteiger partial charge in [-0.05, 0) is 23.8 Å². The predicted octanol–water partition coefficient (Wildman–Crippen LogP) is 1.45. The van der Waals surface area contributed by atoms with Crippen molar-refractivity contribution in [2.45, 2.75) is 6.54 Å². The van der Waals surface area contributed by atoms with Gasteiger partial charge in [-0.1, -0.05) is 34.1 Å². The Bertz CT molecular complexity index is 573. The summed E-state index contributed by atoms with van der Waals surface area (Å²) in [6, 6.07) is 10.8. The van der Waals surface area contributed by atoms with E-state index in [4.69, 9.17) is 5.84 Å². The van der Waals surface area contributed by atoms with Crippen LogP contribution in [0.1, 0.15) is 16.1 Å². The first-order valence-corrected chi connectivity index (χ1v) is 6.32. The van der Waals surface area contributed by atoms with Gasteiger partial charge in [0.15, 0.2) is 11.5 Å². The Morgan fingerprint density at radius 2 is 2.00 bits per heavy atom. The molecule has 0 aliphatic carbocycles. The fourth-order valence-corrected chi connectivity index (χ4v) is 1.86. The van der Waals surface area contributed by atoms with Gasteiger partial charge in [-0.15, -0.1) is 10.2 Å². The van der Waals surface area contributed by atoms with Crippen LogP contribution in [0.3, 0.4) is 0 Å². The topological polar surface area (TPSA) is 92.9 Å². The average molecular weight is 322 g/mol. The van der Waals surface area contributed by atoms with Crippen LogP contribution in [0, 0.1) is 0 Å². The number of nitrogen functional groups attached to an aromatic ring is 1. The van der Waals surface area contributed by atoms with Crippen molar-refractivity contribution in [3.05, 3.63) is 52.1 Å². The van der Waals surface area contributed by atoms with E-state index in [0.29, 0.717) is 12.4 Å². The lowest BCUT2D eigenvalue weighted by Gasteiger charge is -2.06. The lowest BCUT2D eigenvalue weighted by molar-refractivity contribution is 0.0945. The standard InChI is InChI=1S/C12H12BrN5O/c13-9-4-2-1-3-8(9)7-15-12(19)10-5-6-11(16-14)18-17-10/h1-6H,7,14H2,(H,15,19)(H,16,18). The van der Waals surface area contributed by atoms with Crippen molar-refractivity contribution in [2.75, 3.05) is 5.43 Å². The largest absolute Gasteiger partial charge is 0.347 e. The van der Waals surface area contributed by atoms with Crippen LogP contribution in [0.4, 0.5) is 5.82 Å². The molecule has 0 radical (unpaired) electrons. The van der Waals surface area contributed by atoms with Crippen LogP contribution in [0.2, 0.25) is 0 Å². The number of hydrazine groups is 1. The van der Waals surface area contributed by atoms with Crippen molar-refractivity contribution >= 4 is 27.7 Å². The molecule has 0 saturated carbocycles. The molecule has 0 aliphatic rings. The van der Waals surface area contributed by atoms with Crippen molar-refractivity contribution in [2.24, 2.45) is 5.84 Å². The second-order valence-corrected chi connectivity index (χ2v) is 4.58. The summed E-state index contributed by atoms with van der Waals surface area (Å²) in [5.41, 5.74) is 3.58. The van der Waals surface area contributed by atoms with Gasteiger partial charge in [0.1, 0.15) is 0 Å². The third-order valence-electron chi connectivity index (χ3n) is 2.44. The van der Waals surface area contributed by atoms with Crippen LogP contribution in [0.15, 0.2) is 40.9 Å². The Morgan fingerprint density at radius 1 is 1.21 bits per heavy atom. The van der Waals surface area contributed by atoms with Gasteiger partial charge in [-0.3, -0.25) is 4.79 Å². The van der Waals surface area contributed by atoms with E-state index in [-0.39, 0.29) is 11.6 Å². The number of hydrogen-bond donors (Lipinski definition) is 3. The number of carbonyl (C=O) groups excluding carboxylic acids is 1. The molecule has 0 unspecified atom stereocenters. The molecule has 4 N–H and O–H groups in total. The van der Waals surface area contributed by atoms with Crippen molar-refractivity contribution in [1.82, 2.24) is 15.5 Å². The van der Waals surface area contributed by atoms with E-state index in [2.05, 4.69) is 36.9 Å². The van der Waals surface area contributed by atoms with Crippen molar-refractivity contribution in [3.63, 3.8) is 0 Å². The van der Waals surface area contributed by atoms with Crippen LogP contribution < -0.4 is 16.6 Å². The summed E-state index contributed by atoms with van der Waals surface area (Å²) in [6.45, 7) is 0.416. The molecule has 0 saturated heterocycles. The minimum absolute atomic E-state index is 0.242. The second-order valence-electron chi connectivity index (χ2n) is 3.72. The van der Waals surface area contributed by atoms with Crippen molar-refractivity contribution in [3.8, 4) is 0 Å². The highest BCUT2D eigenvalue weighted by molar-refractivity contribution is 9.10. The average Bonchev–Trinajstić information content (AvgIpc) is 2.46. The molecule has 1 amide bonds. The first-order valence-electron chi connectivity index (χ1n) is 5.52. The van der Waals surface area contributed by atoms with Gasteiger partial charge in [0.25, 0.3) is 5.91 Å². The molecule has 0 fully saturated rings. The molecule has 7 heteroatoms. The maximum Gasteiger partial charge on any atom is 0.272 e. The number of rotatable bonds is 4. The minimum atomic E-state index is -0.285. The molecule has 0 aliphatic heterocycles. The van der Waals surface area contributed by atoms with Crippen LogP contribution in [-0.4, -0.2) is 16.1 Å². The molecule has 1 aromatic heterocycles. The monoisotopic (exact) mass is 321 g/mol. The van der Waals surface area contributed by atoms with Gasteiger partial charge in [0, 0.05) is 11.0 Å². The van der Waals surface area contributed by atoms with E-state index in [9.17, 15) is 4.79 Å². The highest BCUT2D eigenvalue weighted by atomic mass is 79.9. The summed E-state index contributed by atoms with van der Waals surface area (Å²) < 4.78 is 0.948. The lowest BCUT2D eigenvalue weighted by atomic mass is 10.2. The quantitative estimate of drug-likeness (QED) is 0.585. The predicted molar refractivity (Wildman–Crippen MR) is 75.2 cm³/mol. The second kappa shape index (κ2) is 6.26. The normalized spacial score (nSPS) is 10.0. The van der Waals surface area contributed by atoms with Gasteiger partial charge in [0.05, 0.1) is 0 Å². The summed E-state index contributed by atoms with van der Waals surface area (Å²) in [5, 5.41) is 10.3. The van der Waals surface area contributed by atoms with Crippen molar-refractivity contribution < 1.29 is 4.79 Å². The van der Waals surface area contributed by atoms with E-state index < -0.39 is 0 Å². The third-order valence-corrected chi connectivity index (χ3v) is 3.22. The molecule has 98 valence electrons. The summed E-state index contributed by atoms with van der Waals surface area (Å²) in [5.74, 6) is 5.29. The van der Waals surface area contributed by atoms with E-state index >= 15 is 0 Å². The van der Waals surface area contributed by atoms with Crippen LogP contribution >= 0.6 is 15.9 Å². The first-order chi connectivity index (χ1) is 9.20. The highest BCUT2D eigenvalue weighted by Gasteiger charge is 2.08. The number of amides is 1. The van der Waals surface area contributed by atoms with Gasteiger partial charge in [-0.25, -0.2) is 5.84 Å². The number of anilines is 1. The zero-order valence-corrected chi connectivity index (χ0v) is 11.5. The fraction of sp³-hybridized carbons (Fsp3) is 0.0833. The SMILES string of the molecule is NNc1ccc(C(=O)NCc2ccccc2Br)nn1. The Morgan fingerprint density at radius 3 is 2.63 bits per heavy atom. The van der Waals surface area contributed by atoms with E-state index in [1.165, 1.54) is 0 Å². The fourth-order valence-electron chi connectivity index (χ4n) is 1.44. The maximum atomic E-state index is 11.8. The number of halogens is 1. The molecular weight excluding hydrogens is 310 g/mol. The van der Waals surface area contributed by atoms with Crippen LogP contribution in [0.5, 0.6) is 0 Å². The van der Waals surface area contributed by atoms with Crippen LogP contribution in [0.25, 0.3) is 0 Å². The molecule has 2 rings (SSSR count). The number of carbonyl (C=O) groups is 1. The van der Waals surface area contributed by atoms with E-state index in [1.54, 1.807) is 12.1 Å². The van der Waals surface area contributed by atoms with Crippen LogP contribution in [-0.2, 0) is 6.54 Å². The zero-order chi connectivity index (χ0) is 13.7. The first kappa shape index (κ1) is 13.4. The van der Waals surface area contributed by atoms with Crippen molar-refractivity contribution in [1.29, 1.82) is 0 Å². The number of nitrogens with one attached hydrogen (secondary N) is 2. The summed E-state index contributed by atoms with van der Waals surface area (Å²) in [4.78, 5) is 11.8. The number of aromatic nitrogens is 2. The highest BCUT2D eigenvalue weighted by Crippen LogP contribution is 2.15. The molecule has 6 nitrogen and oxygen atoms in total. The van der Waals surface area contributed by atoms with Gasteiger partial charge in [0.2, 0.25) is 0 Å². The van der Waals surface area contributed by atoms with Gasteiger partial charge in [-0.2, -0.15) is 0 Å². The van der Waals surface area contributed by atoms with Gasteiger partial charge >= 0.3 is 0 Å². The molecule has 1 aromatic carbocycles. The minimum Gasteiger partial charge on any atom is -0.347 e. The Hall–Kier alpha value is -1.99. The molecule has 19 heavy (non-hydrogen) atoms. The number of nitrogens with two attached hydrogens (primary N) is 1. The molecular formula is C12H12BrN5O. The summed E-state index contributed by atoms with van der Waals surface area (Å²) in [6.07, 6.45) is 0. The lowest BCUT2D eigenvalue weighted by Crippen LogP contribution is -2.24. The Labute approximate surface area is 118 Å². The van der Waals surface area contributed by atoms with E-state index in [1.807, 2.05) is 24.3 Å². The number of benzene rings is 1. The smallest absolute Gasteiger partial charge is 0.272 e. The Balaban J connectivity index is 1.99. The number of nitrogens with zero attached hydrogens (tertiary/aromatic N) is 2. The van der Waals surface area contributed by atoms with E-state index in [0.717, 1.165) is 10.0 Å². The Kier molecular flexibility index (Phi) is 4.43.